The Balaban J connectivity index is 1.51. The van der Waals surface area contributed by atoms with Crippen molar-refractivity contribution in [3.63, 3.8) is 0 Å². The third-order valence-electron chi connectivity index (χ3n) is 5.19. The van der Waals surface area contributed by atoms with E-state index in [1.807, 2.05) is 9.58 Å². The van der Waals surface area contributed by atoms with Gasteiger partial charge in [-0.1, -0.05) is 23.2 Å². The van der Waals surface area contributed by atoms with E-state index >= 15 is 0 Å². The summed E-state index contributed by atoms with van der Waals surface area (Å²) >= 11 is 12.1. The van der Waals surface area contributed by atoms with Crippen molar-refractivity contribution in [3.05, 3.63) is 57.2 Å². The summed E-state index contributed by atoms with van der Waals surface area (Å²) in [6, 6.07) is 4.98. The van der Waals surface area contributed by atoms with Crippen LogP contribution in [0, 0.1) is 0 Å². The highest BCUT2D eigenvalue weighted by molar-refractivity contribution is 6.42. The van der Waals surface area contributed by atoms with Crippen LogP contribution in [-0.4, -0.2) is 32.1 Å². The summed E-state index contributed by atoms with van der Waals surface area (Å²) in [6.07, 6.45) is 4.01. The first-order valence-electron chi connectivity index (χ1n) is 8.87. The third kappa shape index (κ3) is 2.75. The van der Waals surface area contributed by atoms with E-state index in [1.165, 1.54) is 6.39 Å². The Bertz CT molecular complexity index is 1060. The molecule has 0 fully saturated rings. The molecule has 5 rings (SSSR count). The van der Waals surface area contributed by atoms with E-state index in [9.17, 15) is 4.79 Å². The summed E-state index contributed by atoms with van der Waals surface area (Å²) < 4.78 is 7.58. The molecule has 0 N–H and O–H groups in total. The Hall–Kier alpha value is -2.31. The topological polar surface area (TPSA) is 64.2 Å². The van der Waals surface area contributed by atoms with E-state index in [-0.39, 0.29) is 5.91 Å². The summed E-state index contributed by atoms with van der Waals surface area (Å²) in [5.74, 6) is 0.831. The van der Waals surface area contributed by atoms with Crippen LogP contribution in [0.4, 0.5) is 0 Å². The quantitative estimate of drug-likeness (QED) is 0.617. The number of rotatable bonds is 1. The largest absolute Gasteiger partial charge is 0.448 e. The highest BCUT2D eigenvalue weighted by Crippen LogP contribution is 2.35. The molecule has 3 aromatic rings. The molecule has 1 amide bonds. The van der Waals surface area contributed by atoms with Crippen molar-refractivity contribution in [2.24, 2.45) is 0 Å². The Morgan fingerprint density at radius 1 is 1.15 bits per heavy atom. The Morgan fingerprint density at radius 3 is 2.89 bits per heavy atom. The number of aromatic nitrogens is 3. The summed E-state index contributed by atoms with van der Waals surface area (Å²) in [4.78, 5) is 19.2. The molecule has 0 saturated heterocycles. The molecule has 27 heavy (non-hydrogen) atoms. The second-order valence-electron chi connectivity index (χ2n) is 6.83. The van der Waals surface area contributed by atoms with Crippen molar-refractivity contribution in [2.75, 3.05) is 6.54 Å². The molecule has 0 spiro atoms. The van der Waals surface area contributed by atoms with Crippen molar-refractivity contribution in [1.82, 2.24) is 19.7 Å². The molecule has 4 heterocycles. The summed E-state index contributed by atoms with van der Waals surface area (Å²) in [5, 5.41) is 5.60. The molecule has 8 heteroatoms. The third-order valence-corrected chi connectivity index (χ3v) is 5.93. The molecule has 2 aliphatic rings. The molecule has 0 radical (unpaired) electrons. The maximum Gasteiger partial charge on any atom is 0.254 e. The number of amides is 1. The predicted octanol–water partition coefficient (Wildman–Crippen LogP) is 3.99. The van der Waals surface area contributed by atoms with E-state index in [1.54, 1.807) is 18.2 Å². The van der Waals surface area contributed by atoms with Gasteiger partial charge in [-0.05, 0) is 24.6 Å². The number of halogens is 2. The maximum atomic E-state index is 13.0. The van der Waals surface area contributed by atoms with Gasteiger partial charge in [0.1, 0.15) is 11.5 Å². The predicted molar refractivity (Wildman–Crippen MR) is 101 cm³/mol. The van der Waals surface area contributed by atoms with Gasteiger partial charge >= 0.3 is 0 Å². The van der Waals surface area contributed by atoms with Crippen LogP contribution in [0.3, 0.4) is 0 Å². The molecule has 0 saturated carbocycles. The van der Waals surface area contributed by atoms with Crippen LogP contribution in [0.2, 0.25) is 10.0 Å². The fraction of sp³-hybridized carbons (Fsp3) is 0.316. The first-order chi connectivity index (χ1) is 13.1. The van der Waals surface area contributed by atoms with Crippen LogP contribution in [-0.2, 0) is 25.9 Å². The fourth-order valence-electron chi connectivity index (χ4n) is 3.87. The molecule has 0 bridgehead atoms. The standard InChI is InChI=1S/C19H16Cl2N4O2/c20-13-4-3-11(8-14(13)21)19(26)24-7-5-15-12(9-24)18-17-16(27-10-22-17)2-1-6-25(18)23-15/h3-4,8,10H,1-2,5-7,9H2. The monoisotopic (exact) mass is 402 g/mol. The van der Waals surface area contributed by atoms with Crippen molar-refractivity contribution in [3.8, 4) is 11.4 Å². The molecule has 0 aliphatic carbocycles. The van der Waals surface area contributed by atoms with Gasteiger partial charge in [0.25, 0.3) is 5.91 Å². The summed E-state index contributed by atoms with van der Waals surface area (Å²) in [6.45, 7) is 1.94. The van der Waals surface area contributed by atoms with E-state index in [2.05, 4.69) is 4.98 Å². The van der Waals surface area contributed by atoms with Gasteiger partial charge in [-0.15, -0.1) is 0 Å². The Morgan fingerprint density at radius 2 is 2.04 bits per heavy atom. The maximum absolute atomic E-state index is 13.0. The average molecular weight is 403 g/mol. The summed E-state index contributed by atoms with van der Waals surface area (Å²) in [7, 11) is 0. The minimum atomic E-state index is -0.0619. The number of oxazole rings is 1. The normalized spacial score (nSPS) is 15.7. The number of hydrogen-bond donors (Lipinski definition) is 0. The minimum absolute atomic E-state index is 0.0619. The van der Waals surface area contributed by atoms with Gasteiger partial charge in [-0.3, -0.25) is 9.48 Å². The molecule has 0 unspecified atom stereocenters. The molecule has 0 atom stereocenters. The zero-order chi connectivity index (χ0) is 18.5. The lowest BCUT2D eigenvalue weighted by molar-refractivity contribution is 0.0734. The summed E-state index contributed by atoms with van der Waals surface area (Å²) in [5.41, 5.74) is 4.47. The number of carbonyl (C=O) groups is 1. The molecule has 138 valence electrons. The van der Waals surface area contributed by atoms with Crippen molar-refractivity contribution in [2.45, 2.75) is 32.4 Å². The average Bonchev–Trinajstić information content (AvgIpc) is 3.23. The number of carbonyl (C=O) groups excluding carboxylic acids is 1. The molecule has 2 aliphatic heterocycles. The van der Waals surface area contributed by atoms with E-state index in [0.717, 1.165) is 54.2 Å². The number of hydrogen-bond acceptors (Lipinski definition) is 4. The minimum Gasteiger partial charge on any atom is -0.448 e. The molecule has 1 aromatic carbocycles. The van der Waals surface area contributed by atoms with Gasteiger partial charge in [0.2, 0.25) is 0 Å². The molecular formula is C19H16Cl2N4O2. The highest BCUT2D eigenvalue weighted by Gasteiger charge is 2.31. The zero-order valence-electron chi connectivity index (χ0n) is 14.4. The van der Waals surface area contributed by atoms with Gasteiger partial charge in [-0.2, -0.15) is 5.10 Å². The number of benzene rings is 1. The van der Waals surface area contributed by atoms with Gasteiger partial charge in [0, 0.05) is 37.1 Å². The van der Waals surface area contributed by atoms with Crippen LogP contribution < -0.4 is 0 Å². The van der Waals surface area contributed by atoms with Gasteiger partial charge in [0.05, 0.1) is 28.0 Å². The fourth-order valence-corrected chi connectivity index (χ4v) is 4.17. The second kappa shape index (κ2) is 6.39. The Labute approximate surface area is 165 Å². The van der Waals surface area contributed by atoms with E-state index < -0.39 is 0 Å². The van der Waals surface area contributed by atoms with Crippen LogP contribution in [0.1, 0.15) is 33.8 Å². The van der Waals surface area contributed by atoms with Gasteiger partial charge < -0.3 is 9.32 Å². The lowest BCUT2D eigenvalue weighted by Gasteiger charge is -2.27. The molecule has 6 nitrogen and oxygen atoms in total. The van der Waals surface area contributed by atoms with Crippen LogP contribution in [0.25, 0.3) is 11.4 Å². The second-order valence-corrected chi connectivity index (χ2v) is 7.64. The van der Waals surface area contributed by atoms with Crippen molar-refractivity contribution < 1.29 is 9.21 Å². The molecular weight excluding hydrogens is 387 g/mol. The van der Waals surface area contributed by atoms with Crippen molar-refractivity contribution in [1.29, 1.82) is 0 Å². The SMILES string of the molecule is O=C(c1ccc(Cl)c(Cl)c1)N1CCc2nn3c(c2C1)-c1ncoc1CCC3. The lowest BCUT2D eigenvalue weighted by Crippen LogP contribution is -2.36. The zero-order valence-corrected chi connectivity index (χ0v) is 15.9. The van der Waals surface area contributed by atoms with Crippen LogP contribution >= 0.6 is 23.2 Å². The first kappa shape index (κ1) is 16.8. The van der Waals surface area contributed by atoms with Crippen molar-refractivity contribution >= 4 is 29.1 Å². The van der Waals surface area contributed by atoms with Crippen LogP contribution in [0.15, 0.2) is 29.0 Å². The molecule has 2 aromatic heterocycles. The smallest absolute Gasteiger partial charge is 0.254 e. The van der Waals surface area contributed by atoms with E-state index in [4.69, 9.17) is 32.7 Å². The van der Waals surface area contributed by atoms with Crippen LogP contribution in [0.5, 0.6) is 0 Å². The lowest BCUT2D eigenvalue weighted by atomic mass is 10.0. The number of fused-ring (bicyclic) bond motifs is 5. The van der Waals surface area contributed by atoms with E-state index in [0.29, 0.717) is 28.7 Å². The highest BCUT2D eigenvalue weighted by atomic mass is 35.5. The number of nitrogens with zero attached hydrogens (tertiary/aromatic N) is 4. The van der Waals surface area contributed by atoms with Gasteiger partial charge in [0.15, 0.2) is 6.39 Å². The Kier molecular flexibility index (Phi) is 3.98. The van der Waals surface area contributed by atoms with Gasteiger partial charge in [-0.25, -0.2) is 4.98 Å². The first-order valence-corrected chi connectivity index (χ1v) is 9.63. The number of aryl methyl sites for hydroxylation is 2.